The molecule has 0 aliphatic rings. The normalized spacial score (nSPS) is 14.6. The Balaban J connectivity index is 4.70. The molecule has 0 spiro atoms. The molecule has 0 aromatic rings. The molecule has 0 amide bonds. The van der Waals surface area contributed by atoms with Crippen molar-refractivity contribution >= 4 is 33.4 Å². The number of esters is 2. The van der Waals surface area contributed by atoms with Gasteiger partial charge < -0.3 is 29.3 Å². The van der Waals surface area contributed by atoms with E-state index in [-0.39, 0.29) is 18.6 Å². The summed E-state index contributed by atoms with van der Waals surface area (Å²) in [4.78, 5) is 64.6. The van der Waals surface area contributed by atoms with E-state index in [1.807, 2.05) is 6.08 Å². The van der Waals surface area contributed by atoms with Crippen molar-refractivity contribution in [1.82, 2.24) is 0 Å². The van der Waals surface area contributed by atoms with Crippen LogP contribution in [0.2, 0.25) is 0 Å². The molecule has 58 heavy (non-hydrogen) atoms. The van der Waals surface area contributed by atoms with Gasteiger partial charge >= 0.3 is 27.6 Å². The predicted molar refractivity (Wildman–Crippen MR) is 226 cm³/mol. The van der Waals surface area contributed by atoms with Crippen LogP contribution >= 0.6 is 15.6 Å². The van der Waals surface area contributed by atoms with Gasteiger partial charge in [-0.05, 0) is 76.7 Å². The minimum atomic E-state index is -4.88. The van der Waals surface area contributed by atoms with Gasteiger partial charge in [0.1, 0.15) is 12.7 Å². The van der Waals surface area contributed by atoms with Gasteiger partial charge in [-0.25, -0.2) is 9.13 Å². The topological polar surface area (TPSA) is 212 Å². The van der Waals surface area contributed by atoms with Crippen LogP contribution in [0.3, 0.4) is 0 Å². The molecule has 0 aromatic carbocycles. The minimum Gasteiger partial charge on any atom is -0.462 e. The van der Waals surface area contributed by atoms with Gasteiger partial charge in [0, 0.05) is 19.3 Å². The Hall–Kier alpha value is -2.51. The van der Waals surface area contributed by atoms with Crippen molar-refractivity contribution in [3.05, 3.63) is 60.8 Å². The molecule has 0 aliphatic heterocycles. The summed E-state index contributed by atoms with van der Waals surface area (Å²) in [5.74, 6) is -1.09. The number of phosphoric acid groups is 2. The number of rotatable bonds is 39. The van der Waals surface area contributed by atoms with Gasteiger partial charge in [-0.2, -0.15) is 0 Å². The van der Waals surface area contributed by atoms with Crippen LogP contribution in [0.1, 0.15) is 149 Å². The zero-order valence-electron chi connectivity index (χ0n) is 34.9. The zero-order chi connectivity index (χ0) is 43.2. The number of carbonyl (C=O) groups is 3. The lowest BCUT2D eigenvalue weighted by atomic mass is 10.1. The largest absolute Gasteiger partial charge is 0.472 e. The number of aliphatic hydroxyl groups excluding tert-OH is 1. The number of allylic oxidation sites excluding steroid dienone is 10. The number of ether oxygens (including phenoxy) is 2. The standard InChI is InChI=1S/C42H72O14P2/c1-3-5-7-9-11-12-13-14-15-16-17-18-20-24-29-33-42(46)56-40(37-55-58(50,51)54-35-39(44)34-53-57(47,48)49)36-52-41(45)32-28-25-21-23-27-31-38(43)30-26-22-19-10-8-6-4-2/h11-12,14-15,17-19,22,26,30,39-40,44H,3-10,13,16,20-21,23-25,27-29,31-37H2,1-2H3,(H,50,51)(H2,47,48,49)/b12-11-,15-14-,18-17-,22-19-,30-26+/t39-,40+/m0/s1. The molecule has 0 fully saturated rings. The summed E-state index contributed by atoms with van der Waals surface area (Å²) < 4.78 is 47.6. The van der Waals surface area contributed by atoms with Crippen molar-refractivity contribution in [2.45, 2.75) is 161 Å². The van der Waals surface area contributed by atoms with Crippen molar-refractivity contribution in [1.29, 1.82) is 0 Å². The second-order valence-corrected chi connectivity index (χ2v) is 16.6. The fourth-order valence-electron chi connectivity index (χ4n) is 5.10. The highest BCUT2D eigenvalue weighted by Gasteiger charge is 2.28. The van der Waals surface area contributed by atoms with E-state index in [1.165, 1.54) is 32.1 Å². The van der Waals surface area contributed by atoms with E-state index in [0.29, 0.717) is 19.3 Å². The zero-order valence-corrected chi connectivity index (χ0v) is 36.7. The summed E-state index contributed by atoms with van der Waals surface area (Å²) in [6.45, 7) is 1.48. The SMILES string of the molecule is CCCCC/C=C\C=C\C(=O)CCCCCCCC(=O)OC[C@H](COP(=O)(O)OC[C@@H](O)COP(=O)(O)O)OC(=O)CCCC/C=C\C/C=C\C/C=C\CCCCC. The maximum Gasteiger partial charge on any atom is 0.472 e. The molecule has 1 unspecified atom stereocenters. The molecule has 0 rings (SSSR count). The fraction of sp³-hybridized carbons (Fsp3) is 0.690. The van der Waals surface area contributed by atoms with Crippen LogP contribution in [0, 0.1) is 0 Å². The molecule has 16 heteroatoms. The smallest absolute Gasteiger partial charge is 0.462 e. The molecular weight excluding hydrogens is 790 g/mol. The first kappa shape index (κ1) is 55.5. The predicted octanol–water partition coefficient (Wildman–Crippen LogP) is 9.63. The van der Waals surface area contributed by atoms with Crippen LogP contribution in [0.4, 0.5) is 0 Å². The lowest BCUT2D eigenvalue weighted by Crippen LogP contribution is -2.30. The van der Waals surface area contributed by atoms with E-state index >= 15 is 0 Å². The number of ketones is 1. The van der Waals surface area contributed by atoms with Gasteiger partial charge in [-0.3, -0.25) is 28.0 Å². The van der Waals surface area contributed by atoms with Gasteiger partial charge in [-0.1, -0.05) is 113 Å². The van der Waals surface area contributed by atoms with Gasteiger partial charge in [0.2, 0.25) is 0 Å². The highest BCUT2D eigenvalue weighted by molar-refractivity contribution is 7.47. The molecule has 3 atom stereocenters. The van der Waals surface area contributed by atoms with E-state index in [1.54, 1.807) is 12.2 Å². The first-order valence-electron chi connectivity index (χ1n) is 20.9. The molecule has 0 aromatic heterocycles. The molecule has 0 saturated carbocycles. The fourth-order valence-corrected chi connectivity index (χ4v) is 6.25. The first-order valence-corrected chi connectivity index (χ1v) is 24.0. The number of phosphoric ester groups is 2. The Bertz CT molecular complexity index is 1320. The molecule has 334 valence electrons. The summed E-state index contributed by atoms with van der Waals surface area (Å²) in [5, 5.41) is 9.73. The van der Waals surface area contributed by atoms with Crippen LogP contribution in [0.15, 0.2) is 60.8 Å². The van der Waals surface area contributed by atoms with Crippen molar-refractivity contribution < 1.29 is 66.3 Å². The van der Waals surface area contributed by atoms with Crippen LogP contribution in [0.25, 0.3) is 0 Å². The van der Waals surface area contributed by atoms with Crippen LogP contribution < -0.4 is 0 Å². The molecule has 0 saturated heterocycles. The summed E-state index contributed by atoms with van der Waals surface area (Å²) in [5.41, 5.74) is 0. The Morgan fingerprint density at radius 1 is 0.552 bits per heavy atom. The van der Waals surface area contributed by atoms with Crippen LogP contribution in [0.5, 0.6) is 0 Å². The Morgan fingerprint density at radius 2 is 1.05 bits per heavy atom. The Morgan fingerprint density at radius 3 is 1.67 bits per heavy atom. The summed E-state index contributed by atoms with van der Waals surface area (Å²) >= 11 is 0. The maximum atomic E-state index is 12.6. The van der Waals surface area contributed by atoms with Crippen molar-refractivity contribution in [3.8, 4) is 0 Å². The maximum absolute atomic E-state index is 12.6. The number of hydrogen-bond acceptors (Lipinski definition) is 11. The third kappa shape index (κ3) is 40.3. The van der Waals surface area contributed by atoms with Crippen molar-refractivity contribution in [3.63, 3.8) is 0 Å². The molecule has 0 heterocycles. The summed E-state index contributed by atoms with van der Waals surface area (Å²) in [6, 6.07) is 0. The third-order valence-electron chi connectivity index (χ3n) is 8.35. The van der Waals surface area contributed by atoms with E-state index < -0.39 is 66.2 Å². The van der Waals surface area contributed by atoms with E-state index in [4.69, 9.17) is 23.8 Å². The Labute approximate surface area is 347 Å². The lowest BCUT2D eigenvalue weighted by Gasteiger charge is -2.20. The first-order chi connectivity index (χ1) is 27.8. The van der Waals surface area contributed by atoms with E-state index in [0.717, 1.165) is 70.6 Å². The van der Waals surface area contributed by atoms with E-state index in [2.05, 4.69) is 65.4 Å². The highest BCUT2D eigenvalue weighted by atomic mass is 31.2. The van der Waals surface area contributed by atoms with Gasteiger partial charge in [-0.15, -0.1) is 0 Å². The average molecular weight is 863 g/mol. The molecule has 0 aliphatic carbocycles. The molecule has 4 N–H and O–H groups in total. The van der Waals surface area contributed by atoms with E-state index in [9.17, 15) is 33.5 Å². The molecule has 14 nitrogen and oxygen atoms in total. The molecule has 0 radical (unpaired) electrons. The molecular formula is C42H72O14P2. The van der Waals surface area contributed by atoms with Crippen molar-refractivity contribution in [2.24, 2.45) is 0 Å². The number of aliphatic hydroxyl groups is 1. The third-order valence-corrected chi connectivity index (χ3v) is 9.78. The second-order valence-electron chi connectivity index (χ2n) is 13.9. The highest BCUT2D eigenvalue weighted by Crippen LogP contribution is 2.43. The monoisotopic (exact) mass is 862 g/mol. The summed E-state index contributed by atoms with van der Waals surface area (Å²) in [6.07, 6.45) is 34.7. The average Bonchev–Trinajstić information content (AvgIpc) is 3.17. The number of hydrogen-bond donors (Lipinski definition) is 4. The van der Waals surface area contributed by atoms with Crippen molar-refractivity contribution in [2.75, 3.05) is 26.4 Å². The van der Waals surface area contributed by atoms with Gasteiger partial charge in [0.05, 0.1) is 19.8 Å². The second kappa shape index (κ2) is 37.5. The molecule has 0 bridgehead atoms. The Kier molecular flexibility index (Phi) is 35.9. The van der Waals surface area contributed by atoms with Gasteiger partial charge in [0.15, 0.2) is 11.9 Å². The van der Waals surface area contributed by atoms with Crippen LogP contribution in [-0.4, -0.2) is 76.1 Å². The quantitative estimate of drug-likeness (QED) is 0.0113. The number of carbonyl (C=O) groups excluding carboxylic acids is 3. The minimum absolute atomic E-state index is 0.0554. The van der Waals surface area contributed by atoms with Crippen LogP contribution in [-0.2, 0) is 46.6 Å². The lowest BCUT2D eigenvalue weighted by molar-refractivity contribution is -0.161. The number of unbranched alkanes of at least 4 members (excludes halogenated alkanes) is 12. The summed E-state index contributed by atoms with van der Waals surface area (Å²) in [7, 11) is -9.72. The van der Waals surface area contributed by atoms with Gasteiger partial charge in [0.25, 0.3) is 0 Å².